The lowest BCUT2D eigenvalue weighted by molar-refractivity contribution is 0.178. The fraction of sp³-hybridized carbons (Fsp3) is 0.625. The molecule has 1 aromatic carbocycles. The van der Waals surface area contributed by atoms with Gasteiger partial charge in [-0.15, -0.1) is 0 Å². The first kappa shape index (κ1) is 16.5. The summed E-state index contributed by atoms with van der Waals surface area (Å²) in [6.45, 7) is 4.69. The Kier molecular flexibility index (Phi) is 5.41. The van der Waals surface area contributed by atoms with Gasteiger partial charge in [-0.05, 0) is 55.2 Å². The van der Waals surface area contributed by atoms with E-state index in [0.29, 0.717) is 23.8 Å². The molecule has 1 aliphatic carbocycles. The fourth-order valence-electron chi connectivity index (χ4n) is 2.82. The fourth-order valence-corrected chi connectivity index (χ4v) is 3.94. The lowest BCUT2D eigenvalue weighted by Crippen LogP contribution is -2.28. The van der Waals surface area contributed by atoms with E-state index < -0.39 is 10.0 Å². The molecular formula is C16H25NO3S. The summed E-state index contributed by atoms with van der Waals surface area (Å²) in [4.78, 5) is 0.313. The van der Waals surface area contributed by atoms with Gasteiger partial charge in [-0.2, -0.15) is 0 Å². The third-order valence-electron chi connectivity index (χ3n) is 3.95. The van der Waals surface area contributed by atoms with Crippen LogP contribution < -0.4 is 4.72 Å². The van der Waals surface area contributed by atoms with E-state index in [2.05, 4.69) is 18.6 Å². The third kappa shape index (κ3) is 4.80. The van der Waals surface area contributed by atoms with Crippen molar-refractivity contribution in [2.45, 2.75) is 50.5 Å². The SMILES string of the molecule is CC(C)Cc1ccc(S(=O)(=O)NCC2CCC(O)C2)cc1. The molecule has 0 bridgehead atoms. The van der Waals surface area contributed by atoms with Crippen LogP contribution in [0.3, 0.4) is 0 Å². The first-order valence-corrected chi connectivity index (χ1v) is 9.12. The van der Waals surface area contributed by atoms with Gasteiger partial charge in [-0.25, -0.2) is 13.1 Å². The monoisotopic (exact) mass is 311 g/mol. The zero-order chi connectivity index (χ0) is 15.5. The Morgan fingerprint density at radius 1 is 1.24 bits per heavy atom. The molecule has 0 spiro atoms. The molecule has 4 nitrogen and oxygen atoms in total. The van der Waals surface area contributed by atoms with Crippen LogP contribution in [0.4, 0.5) is 0 Å². The van der Waals surface area contributed by atoms with Gasteiger partial charge in [-0.3, -0.25) is 0 Å². The van der Waals surface area contributed by atoms with Gasteiger partial charge in [0.2, 0.25) is 10.0 Å². The second kappa shape index (κ2) is 6.90. The summed E-state index contributed by atoms with van der Waals surface area (Å²) in [5.41, 5.74) is 1.16. The largest absolute Gasteiger partial charge is 0.393 e. The van der Waals surface area contributed by atoms with Crippen molar-refractivity contribution < 1.29 is 13.5 Å². The van der Waals surface area contributed by atoms with Crippen molar-refractivity contribution in [3.63, 3.8) is 0 Å². The van der Waals surface area contributed by atoms with E-state index in [4.69, 9.17) is 0 Å². The Labute approximate surface area is 127 Å². The average Bonchev–Trinajstić information content (AvgIpc) is 2.82. The number of rotatable bonds is 6. The lowest BCUT2D eigenvalue weighted by Gasteiger charge is -2.12. The minimum atomic E-state index is -3.44. The van der Waals surface area contributed by atoms with Crippen LogP contribution in [0.25, 0.3) is 0 Å². The van der Waals surface area contributed by atoms with Crippen LogP contribution in [0.5, 0.6) is 0 Å². The van der Waals surface area contributed by atoms with Crippen molar-refractivity contribution in [2.75, 3.05) is 6.54 Å². The van der Waals surface area contributed by atoms with Crippen LogP contribution in [-0.2, 0) is 16.4 Å². The van der Waals surface area contributed by atoms with Gasteiger partial charge >= 0.3 is 0 Å². The topological polar surface area (TPSA) is 66.4 Å². The molecule has 118 valence electrons. The predicted octanol–water partition coefficient (Wildman–Crippen LogP) is 2.32. The van der Waals surface area contributed by atoms with E-state index in [1.54, 1.807) is 12.1 Å². The summed E-state index contributed by atoms with van der Waals surface area (Å²) in [6, 6.07) is 7.11. The number of aliphatic hydroxyl groups excluding tert-OH is 1. The van der Waals surface area contributed by atoms with Gasteiger partial charge in [0.15, 0.2) is 0 Å². The Bertz CT molecular complexity index is 551. The highest BCUT2D eigenvalue weighted by Gasteiger charge is 2.24. The summed E-state index contributed by atoms with van der Waals surface area (Å²) >= 11 is 0. The predicted molar refractivity (Wildman–Crippen MR) is 83.5 cm³/mol. The normalized spacial score (nSPS) is 22.9. The van der Waals surface area contributed by atoms with Crippen LogP contribution >= 0.6 is 0 Å². The van der Waals surface area contributed by atoms with Crippen molar-refractivity contribution in [3.05, 3.63) is 29.8 Å². The smallest absolute Gasteiger partial charge is 0.240 e. The van der Waals surface area contributed by atoms with Crippen molar-refractivity contribution in [3.8, 4) is 0 Å². The van der Waals surface area contributed by atoms with E-state index >= 15 is 0 Å². The molecular weight excluding hydrogens is 286 g/mol. The van der Waals surface area contributed by atoms with Crippen LogP contribution in [0.2, 0.25) is 0 Å². The maximum Gasteiger partial charge on any atom is 0.240 e. The molecule has 2 N–H and O–H groups in total. The summed E-state index contributed by atoms with van der Waals surface area (Å²) in [6.07, 6.45) is 3.03. The molecule has 0 aromatic heterocycles. The van der Waals surface area contributed by atoms with Crippen LogP contribution in [0.15, 0.2) is 29.2 Å². The molecule has 0 amide bonds. The highest BCUT2D eigenvalue weighted by Crippen LogP contribution is 2.25. The molecule has 0 aliphatic heterocycles. The summed E-state index contributed by atoms with van der Waals surface area (Å²) in [7, 11) is -3.44. The first-order valence-electron chi connectivity index (χ1n) is 7.63. The molecule has 0 saturated heterocycles. The van der Waals surface area contributed by atoms with Crippen molar-refractivity contribution in [1.29, 1.82) is 0 Å². The van der Waals surface area contributed by atoms with Gasteiger partial charge in [0.1, 0.15) is 0 Å². The zero-order valence-electron chi connectivity index (χ0n) is 12.7. The number of hydrogen-bond acceptors (Lipinski definition) is 3. The van der Waals surface area contributed by atoms with Gasteiger partial charge in [-0.1, -0.05) is 26.0 Å². The number of benzene rings is 1. The Morgan fingerprint density at radius 3 is 2.43 bits per heavy atom. The Hall–Kier alpha value is -0.910. The molecule has 21 heavy (non-hydrogen) atoms. The molecule has 0 heterocycles. The lowest BCUT2D eigenvalue weighted by atomic mass is 10.0. The Morgan fingerprint density at radius 2 is 1.90 bits per heavy atom. The van der Waals surface area contributed by atoms with Gasteiger partial charge in [0, 0.05) is 6.54 Å². The summed E-state index contributed by atoms with van der Waals surface area (Å²) < 4.78 is 27.1. The molecule has 1 fully saturated rings. The second-order valence-corrected chi connectivity index (χ2v) is 8.19. The molecule has 2 unspecified atom stereocenters. The molecule has 1 saturated carbocycles. The summed E-state index contributed by atoms with van der Waals surface area (Å²) in [5, 5.41) is 9.47. The molecule has 5 heteroatoms. The molecule has 1 aromatic rings. The summed E-state index contributed by atoms with van der Waals surface area (Å²) in [5.74, 6) is 0.800. The maximum absolute atomic E-state index is 12.2. The zero-order valence-corrected chi connectivity index (χ0v) is 13.6. The van der Waals surface area contributed by atoms with E-state index in [1.807, 2.05) is 12.1 Å². The quantitative estimate of drug-likeness (QED) is 0.847. The first-order chi connectivity index (χ1) is 9.87. The minimum absolute atomic E-state index is 0.245. The molecule has 1 aliphatic rings. The number of aliphatic hydroxyl groups is 1. The van der Waals surface area contributed by atoms with Gasteiger partial charge in [0.25, 0.3) is 0 Å². The molecule has 0 radical (unpaired) electrons. The standard InChI is InChI=1S/C16H25NO3S/c1-12(2)9-13-4-7-16(8-5-13)21(19,20)17-11-14-3-6-15(18)10-14/h4-5,7-8,12,14-15,17-18H,3,6,9-11H2,1-2H3. The van der Waals surface area contributed by atoms with Crippen LogP contribution in [0.1, 0.15) is 38.7 Å². The van der Waals surface area contributed by atoms with E-state index in [1.165, 1.54) is 0 Å². The van der Waals surface area contributed by atoms with Gasteiger partial charge in [0.05, 0.1) is 11.0 Å². The maximum atomic E-state index is 12.2. The number of hydrogen-bond donors (Lipinski definition) is 2. The van der Waals surface area contributed by atoms with Crippen LogP contribution in [0, 0.1) is 11.8 Å². The minimum Gasteiger partial charge on any atom is -0.393 e. The van der Waals surface area contributed by atoms with E-state index in [-0.39, 0.29) is 12.0 Å². The van der Waals surface area contributed by atoms with Gasteiger partial charge < -0.3 is 5.11 Å². The number of nitrogens with one attached hydrogen (secondary N) is 1. The van der Waals surface area contributed by atoms with E-state index in [9.17, 15) is 13.5 Å². The van der Waals surface area contributed by atoms with E-state index in [0.717, 1.165) is 24.8 Å². The number of sulfonamides is 1. The van der Waals surface area contributed by atoms with Crippen molar-refractivity contribution >= 4 is 10.0 Å². The third-order valence-corrected chi connectivity index (χ3v) is 5.39. The van der Waals surface area contributed by atoms with Crippen molar-refractivity contribution in [1.82, 2.24) is 4.72 Å². The molecule has 2 atom stereocenters. The highest BCUT2D eigenvalue weighted by molar-refractivity contribution is 7.89. The highest BCUT2D eigenvalue weighted by atomic mass is 32.2. The van der Waals surface area contributed by atoms with Crippen LogP contribution in [-0.4, -0.2) is 26.2 Å². The van der Waals surface area contributed by atoms with Crippen molar-refractivity contribution in [2.24, 2.45) is 11.8 Å². The molecule has 2 rings (SSSR count). The average molecular weight is 311 g/mol. The second-order valence-electron chi connectivity index (χ2n) is 6.43. The Balaban J connectivity index is 1.95.